The number of hydrogen-bond acceptors (Lipinski definition) is 2. The average Bonchev–Trinajstić information content (AvgIpc) is 3.16. The molecular formula is C16H14F4N4. The zero-order chi connectivity index (χ0) is 17.3. The van der Waals surface area contributed by atoms with Crippen molar-refractivity contribution >= 4 is 0 Å². The lowest BCUT2D eigenvalue weighted by Crippen LogP contribution is -2.09. The molecule has 3 aromatic rings. The SMILES string of the molecule is CCc1nccn1Cc1cn(-c2ccc(F)c(C(F)(F)F)c2)cn1. The van der Waals surface area contributed by atoms with E-state index in [0.29, 0.717) is 12.2 Å². The second-order valence-electron chi connectivity index (χ2n) is 5.26. The van der Waals surface area contributed by atoms with Crippen LogP contribution in [0, 0.1) is 5.82 Å². The molecule has 0 N–H and O–H groups in total. The van der Waals surface area contributed by atoms with E-state index in [1.807, 2.05) is 17.7 Å². The Morgan fingerprint density at radius 2 is 1.96 bits per heavy atom. The Balaban J connectivity index is 1.88. The minimum Gasteiger partial charge on any atom is -0.329 e. The van der Waals surface area contributed by atoms with Crippen LogP contribution in [-0.4, -0.2) is 19.1 Å². The molecule has 0 aliphatic carbocycles. The van der Waals surface area contributed by atoms with Crippen molar-refractivity contribution in [1.29, 1.82) is 0 Å². The summed E-state index contributed by atoms with van der Waals surface area (Å²) in [5.74, 6) is -0.400. The van der Waals surface area contributed by atoms with Gasteiger partial charge in [0.2, 0.25) is 0 Å². The van der Waals surface area contributed by atoms with Gasteiger partial charge in [0.05, 0.1) is 24.1 Å². The van der Waals surface area contributed by atoms with Crippen LogP contribution in [0.25, 0.3) is 5.69 Å². The van der Waals surface area contributed by atoms with Crippen LogP contribution in [0.3, 0.4) is 0 Å². The van der Waals surface area contributed by atoms with Crippen molar-refractivity contribution in [3.63, 3.8) is 0 Å². The van der Waals surface area contributed by atoms with Crippen LogP contribution in [0.1, 0.15) is 24.0 Å². The first-order valence-electron chi connectivity index (χ1n) is 7.28. The molecule has 0 aliphatic heterocycles. The fourth-order valence-corrected chi connectivity index (χ4v) is 2.45. The summed E-state index contributed by atoms with van der Waals surface area (Å²) in [5.41, 5.74) is -0.428. The maximum atomic E-state index is 13.4. The van der Waals surface area contributed by atoms with Crippen LogP contribution < -0.4 is 0 Å². The van der Waals surface area contributed by atoms with E-state index in [1.54, 1.807) is 12.4 Å². The monoisotopic (exact) mass is 338 g/mol. The van der Waals surface area contributed by atoms with Gasteiger partial charge in [0.1, 0.15) is 11.6 Å². The zero-order valence-corrected chi connectivity index (χ0v) is 12.8. The molecule has 0 aliphatic rings. The molecule has 2 heterocycles. The molecule has 8 heteroatoms. The highest BCUT2D eigenvalue weighted by atomic mass is 19.4. The highest BCUT2D eigenvalue weighted by Gasteiger charge is 2.34. The number of imidazole rings is 2. The zero-order valence-electron chi connectivity index (χ0n) is 12.8. The molecule has 0 saturated heterocycles. The molecule has 126 valence electrons. The molecule has 0 bridgehead atoms. The van der Waals surface area contributed by atoms with E-state index in [9.17, 15) is 17.6 Å². The molecule has 0 radical (unpaired) electrons. The number of rotatable bonds is 4. The van der Waals surface area contributed by atoms with Crippen molar-refractivity contribution in [2.24, 2.45) is 0 Å². The molecule has 2 aromatic heterocycles. The summed E-state index contributed by atoms with van der Waals surface area (Å²) in [7, 11) is 0. The Bertz CT molecular complexity index is 848. The number of alkyl halides is 3. The van der Waals surface area contributed by atoms with E-state index >= 15 is 0 Å². The number of aryl methyl sites for hydroxylation is 1. The molecule has 0 saturated carbocycles. The Kier molecular flexibility index (Phi) is 4.13. The minimum atomic E-state index is -4.74. The van der Waals surface area contributed by atoms with E-state index in [1.165, 1.54) is 17.0 Å². The van der Waals surface area contributed by atoms with Crippen molar-refractivity contribution in [1.82, 2.24) is 19.1 Å². The number of benzene rings is 1. The van der Waals surface area contributed by atoms with Gasteiger partial charge in [0.15, 0.2) is 0 Å². The van der Waals surface area contributed by atoms with Gasteiger partial charge in [0, 0.05) is 30.7 Å². The molecule has 0 unspecified atom stereocenters. The fourth-order valence-electron chi connectivity index (χ4n) is 2.45. The van der Waals surface area contributed by atoms with E-state index < -0.39 is 17.6 Å². The molecule has 4 nitrogen and oxygen atoms in total. The Morgan fingerprint density at radius 3 is 2.67 bits per heavy atom. The van der Waals surface area contributed by atoms with Gasteiger partial charge >= 0.3 is 6.18 Å². The Hall–Kier alpha value is -2.64. The third kappa shape index (κ3) is 3.17. The largest absolute Gasteiger partial charge is 0.419 e. The van der Waals surface area contributed by atoms with Gasteiger partial charge < -0.3 is 9.13 Å². The van der Waals surface area contributed by atoms with Crippen molar-refractivity contribution < 1.29 is 17.6 Å². The van der Waals surface area contributed by atoms with Crippen molar-refractivity contribution in [2.75, 3.05) is 0 Å². The standard InChI is InChI=1S/C16H14F4N4/c1-2-15-21-5-6-23(15)8-11-9-24(10-22-11)12-3-4-14(17)13(7-12)16(18,19)20/h3-7,9-10H,2,8H2,1H3. The van der Waals surface area contributed by atoms with Crippen LogP contribution in [0.2, 0.25) is 0 Å². The summed E-state index contributed by atoms with van der Waals surface area (Å²) in [4.78, 5) is 8.40. The molecule has 0 amide bonds. The quantitative estimate of drug-likeness (QED) is 0.678. The Labute approximate surface area is 135 Å². The molecular weight excluding hydrogens is 324 g/mol. The number of hydrogen-bond donors (Lipinski definition) is 0. The predicted octanol–water partition coefficient (Wildman–Crippen LogP) is 3.84. The topological polar surface area (TPSA) is 35.6 Å². The van der Waals surface area contributed by atoms with Gasteiger partial charge in [-0.15, -0.1) is 0 Å². The van der Waals surface area contributed by atoms with Crippen LogP contribution in [0.5, 0.6) is 0 Å². The Morgan fingerprint density at radius 1 is 1.17 bits per heavy atom. The van der Waals surface area contributed by atoms with Gasteiger partial charge in [-0.05, 0) is 18.2 Å². The van der Waals surface area contributed by atoms with Gasteiger partial charge in [-0.1, -0.05) is 6.92 Å². The maximum absolute atomic E-state index is 13.4. The van der Waals surface area contributed by atoms with Crippen molar-refractivity contribution in [3.8, 4) is 5.69 Å². The molecule has 0 fully saturated rings. The summed E-state index contributed by atoms with van der Waals surface area (Å²) in [5, 5.41) is 0. The highest BCUT2D eigenvalue weighted by molar-refractivity contribution is 5.38. The number of aromatic nitrogens is 4. The predicted molar refractivity (Wildman–Crippen MR) is 79.2 cm³/mol. The molecule has 0 spiro atoms. The summed E-state index contributed by atoms with van der Waals surface area (Å²) in [6.07, 6.45) is 2.55. The third-order valence-electron chi connectivity index (χ3n) is 3.64. The van der Waals surface area contributed by atoms with E-state index in [2.05, 4.69) is 9.97 Å². The summed E-state index contributed by atoms with van der Waals surface area (Å²) in [6, 6.07) is 2.86. The summed E-state index contributed by atoms with van der Waals surface area (Å²) < 4.78 is 55.1. The third-order valence-corrected chi connectivity index (χ3v) is 3.64. The van der Waals surface area contributed by atoms with E-state index in [-0.39, 0.29) is 5.69 Å². The highest BCUT2D eigenvalue weighted by Crippen LogP contribution is 2.32. The second kappa shape index (κ2) is 6.10. The van der Waals surface area contributed by atoms with Crippen molar-refractivity contribution in [2.45, 2.75) is 26.1 Å². The molecule has 0 atom stereocenters. The van der Waals surface area contributed by atoms with Gasteiger partial charge in [0.25, 0.3) is 0 Å². The van der Waals surface area contributed by atoms with Gasteiger partial charge in [-0.3, -0.25) is 0 Å². The fraction of sp³-hybridized carbons (Fsp3) is 0.250. The van der Waals surface area contributed by atoms with Crippen LogP contribution >= 0.6 is 0 Å². The molecule has 24 heavy (non-hydrogen) atoms. The minimum absolute atomic E-state index is 0.198. The van der Waals surface area contributed by atoms with E-state index in [4.69, 9.17) is 0 Å². The van der Waals surface area contributed by atoms with Crippen molar-refractivity contribution in [3.05, 3.63) is 66.0 Å². The first-order valence-corrected chi connectivity index (χ1v) is 7.28. The number of nitrogens with zero attached hydrogens (tertiary/aromatic N) is 4. The summed E-state index contributed by atoms with van der Waals surface area (Å²) in [6.45, 7) is 2.44. The lowest BCUT2D eigenvalue weighted by molar-refractivity contribution is -0.140. The van der Waals surface area contributed by atoms with Crippen LogP contribution in [0.15, 0.2) is 43.1 Å². The van der Waals surface area contributed by atoms with Gasteiger partial charge in [-0.25, -0.2) is 14.4 Å². The lowest BCUT2D eigenvalue weighted by Gasteiger charge is -2.10. The van der Waals surface area contributed by atoms with E-state index in [0.717, 1.165) is 24.4 Å². The maximum Gasteiger partial charge on any atom is 0.419 e. The normalized spacial score (nSPS) is 11.9. The lowest BCUT2D eigenvalue weighted by atomic mass is 10.2. The summed E-state index contributed by atoms with van der Waals surface area (Å²) >= 11 is 0. The number of halogens is 4. The first kappa shape index (κ1) is 16.2. The smallest absolute Gasteiger partial charge is 0.329 e. The van der Waals surface area contributed by atoms with Crippen LogP contribution in [0.4, 0.5) is 17.6 Å². The van der Waals surface area contributed by atoms with Gasteiger partial charge in [-0.2, -0.15) is 13.2 Å². The first-order chi connectivity index (χ1) is 11.4. The molecule has 1 aromatic carbocycles. The van der Waals surface area contributed by atoms with Crippen LogP contribution in [-0.2, 0) is 19.1 Å². The molecule has 3 rings (SSSR count). The second-order valence-corrected chi connectivity index (χ2v) is 5.26. The average molecular weight is 338 g/mol.